The Labute approximate surface area is 227 Å². The van der Waals surface area contributed by atoms with Crippen LogP contribution < -0.4 is 19.6 Å². The van der Waals surface area contributed by atoms with E-state index in [1.165, 1.54) is 13.2 Å². The molecular formula is C31H36O8. The van der Waals surface area contributed by atoms with E-state index >= 15 is 0 Å². The van der Waals surface area contributed by atoms with Crippen LogP contribution in [-0.4, -0.2) is 35.5 Å². The van der Waals surface area contributed by atoms with E-state index in [0.29, 0.717) is 64.9 Å². The van der Waals surface area contributed by atoms with Gasteiger partial charge < -0.3 is 28.8 Å². The molecule has 0 amide bonds. The number of fused-ring (bicyclic) bond motifs is 3. The highest BCUT2D eigenvalue weighted by Gasteiger charge is 2.29. The number of carbonyl (C=O) groups is 1. The van der Waals surface area contributed by atoms with E-state index in [1.54, 1.807) is 6.07 Å². The number of aliphatic carboxylic acids is 1. The Kier molecular flexibility index (Phi) is 8.23. The van der Waals surface area contributed by atoms with Crippen LogP contribution in [0.3, 0.4) is 0 Å². The fourth-order valence-electron chi connectivity index (χ4n) is 4.80. The first-order chi connectivity index (χ1) is 18.5. The number of benzene rings is 2. The summed E-state index contributed by atoms with van der Waals surface area (Å²) in [6, 6.07) is 3.11. The number of ether oxygens (including phenoxy) is 3. The van der Waals surface area contributed by atoms with Gasteiger partial charge in [0.2, 0.25) is 5.43 Å². The second-order valence-corrected chi connectivity index (χ2v) is 10.6. The Morgan fingerprint density at radius 3 is 2.46 bits per heavy atom. The molecule has 0 saturated carbocycles. The number of phenolic OH excluding ortho intramolecular Hbond substituents is 1. The van der Waals surface area contributed by atoms with Gasteiger partial charge in [0.05, 0.1) is 24.7 Å². The zero-order valence-electron chi connectivity index (χ0n) is 23.2. The van der Waals surface area contributed by atoms with E-state index in [1.807, 2.05) is 45.9 Å². The number of unbranched alkanes of at least 4 members (excludes halogenated alkanes) is 3. The number of carboxylic acid groups (broad SMARTS) is 1. The van der Waals surface area contributed by atoms with Crippen molar-refractivity contribution in [2.75, 3.05) is 13.7 Å². The number of phenols is 1. The molecule has 4 rings (SSSR count). The Bertz CT molecular complexity index is 1520. The lowest BCUT2D eigenvalue weighted by Gasteiger charge is -2.29. The molecule has 8 nitrogen and oxygen atoms in total. The van der Waals surface area contributed by atoms with Gasteiger partial charge in [-0.3, -0.25) is 9.59 Å². The molecule has 0 unspecified atom stereocenters. The molecule has 1 aliphatic heterocycles. The van der Waals surface area contributed by atoms with Crippen LogP contribution in [0.15, 0.2) is 39.1 Å². The molecule has 3 aromatic rings. The third kappa shape index (κ3) is 6.05. The Morgan fingerprint density at radius 1 is 1.05 bits per heavy atom. The van der Waals surface area contributed by atoms with Crippen LogP contribution in [0, 0.1) is 0 Å². The molecule has 1 aliphatic rings. The van der Waals surface area contributed by atoms with Crippen molar-refractivity contribution in [3.63, 3.8) is 0 Å². The summed E-state index contributed by atoms with van der Waals surface area (Å²) in [5.41, 5.74) is 1.98. The molecule has 2 aromatic carbocycles. The van der Waals surface area contributed by atoms with Crippen molar-refractivity contribution in [2.45, 2.75) is 71.8 Å². The molecule has 0 radical (unpaired) electrons. The number of carboxylic acids is 1. The normalized spacial score (nSPS) is 13.7. The van der Waals surface area contributed by atoms with Crippen molar-refractivity contribution >= 4 is 34.0 Å². The molecule has 0 aliphatic carbocycles. The van der Waals surface area contributed by atoms with Crippen molar-refractivity contribution in [2.24, 2.45) is 0 Å². The fourth-order valence-corrected chi connectivity index (χ4v) is 4.80. The lowest BCUT2D eigenvalue weighted by atomic mass is 9.97. The first-order valence-corrected chi connectivity index (χ1v) is 13.2. The maximum atomic E-state index is 14.2. The van der Waals surface area contributed by atoms with Crippen LogP contribution in [-0.2, 0) is 11.2 Å². The maximum Gasteiger partial charge on any atom is 0.303 e. The van der Waals surface area contributed by atoms with Crippen LogP contribution in [0.1, 0.15) is 70.9 Å². The van der Waals surface area contributed by atoms with Gasteiger partial charge in [0.25, 0.3) is 0 Å². The van der Waals surface area contributed by atoms with Crippen LogP contribution in [0.5, 0.6) is 23.0 Å². The molecule has 39 heavy (non-hydrogen) atoms. The molecule has 0 bridgehead atoms. The Hall–Kier alpha value is -3.94. The Morgan fingerprint density at radius 2 is 1.77 bits per heavy atom. The third-order valence-corrected chi connectivity index (χ3v) is 6.72. The van der Waals surface area contributed by atoms with Gasteiger partial charge in [0, 0.05) is 24.1 Å². The zero-order valence-corrected chi connectivity index (χ0v) is 23.2. The molecule has 0 saturated heterocycles. The minimum absolute atomic E-state index is 0.109. The molecule has 2 N–H and O–H groups in total. The summed E-state index contributed by atoms with van der Waals surface area (Å²) in [5, 5.41) is 20.1. The number of rotatable bonds is 11. The molecule has 8 heteroatoms. The molecular weight excluding hydrogens is 500 g/mol. The summed E-state index contributed by atoms with van der Waals surface area (Å²) in [5.74, 6) is 0.254. The Balaban J connectivity index is 1.86. The largest absolute Gasteiger partial charge is 0.504 e. The number of aromatic hydroxyl groups is 1. The van der Waals surface area contributed by atoms with Crippen molar-refractivity contribution < 1.29 is 33.6 Å². The minimum atomic E-state index is -0.795. The highest BCUT2D eigenvalue weighted by atomic mass is 16.5. The second-order valence-electron chi connectivity index (χ2n) is 10.6. The maximum absolute atomic E-state index is 14.2. The predicted molar refractivity (Wildman–Crippen MR) is 151 cm³/mol. The molecule has 1 aromatic heterocycles. The molecule has 208 valence electrons. The summed E-state index contributed by atoms with van der Waals surface area (Å²) in [4.78, 5) is 24.9. The average Bonchev–Trinajstić information content (AvgIpc) is 2.84. The van der Waals surface area contributed by atoms with Crippen molar-refractivity contribution in [3.05, 3.63) is 51.2 Å². The predicted octanol–water partition coefficient (Wildman–Crippen LogP) is 6.77. The van der Waals surface area contributed by atoms with Gasteiger partial charge in [-0.25, -0.2) is 0 Å². The number of hydrogen-bond donors (Lipinski definition) is 2. The lowest BCUT2D eigenvalue weighted by Crippen LogP contribution is -2.27. The first kappa shape index (κ1) is 28.1. The van der Waals surface area contributed by atoms with E-state index in [0.717, 1.165) is 18.4 Å². The topological polar surface area (TPSA) is 115 Å². The lowest BCUT2D eigenvalue weighted by molar-refractivity contribution is -0.137. The van der Waals surface area contributed by atoms with Crippen LogP contribution in [0.25, 0.3) is 28.0 Å². The van der Waals surface area contributed by atoms with Crippen molar-refractivity contribution in [1.82, 2.24) is 0 Å². The van der Waals surface area contributed by atoms with Crippen molar-refractivity contribution in [1.29, 1.82) is 0 Å². The van der Waals surface area contributed by atoms with Gasteiger partial charge in [-0.05, 0) is 59.1 Å². The average molecular weight is 537 g/mol. The summed E-state index contributed by atoms with van der Waals surface area (Å²) in [7, 11) is 1.46. The van der Waals surface area contributed by atoms with E-state index in [-0.39, 0.29) is 28.9 Å². The number of hydrogen-bond acceptors (Lipinski definition) is 7. The van der Waals surface area contributed by atoms with Crippen LogP contribution in [0.4, 0.5) is 0 Å². The molecule has 0 fully saturated rings. The zero-order chi connectivity index (χ0) is 28.3. The highest BCUT2D eigenvalue weighted by Crippen LogP contribution is 2.44. The van der Waals surface area contributed by atoms with E-state index in [9.17, 15) is 14.7 Å². The number of methoxy groups -OCH3 is 1. The van der Waals surface area contributed by atoms with Gasteiger partial charge >= 0.3 is 5.97 Å². The molecule has 0 spiro atoms. The third-order valence-electron chi connectivity index (χ3n) is 6.72. The summed E-state index contributed by atoms with van der Waals surface area (Å²) < 4.78 is 24.2. The minimum Gasteiger partial charge on any atom is -0.504 e. The highest BCUT2D eigenvalue weighted by molar-refractivity contribution is 5.99. The number of allylic oxidation sites excluding steroid dienone is 2. The van der Waals surface area contributed by atoms with Gasteiger partial charge in [-0.15, -0.1) is 0 Å². The molecule has 0 atom stereocenters. The van der Waals surface area contributed by atoms with Gasteiger partial charge in [0.15, 0.2) is 11.5 Å². The van der Waals surface area contributed by atoms with Crippen LogP contribution in [0.2, 0.25) is 0 Å². The monoisotopic (exact) mass is 536 g/mol. The van der Waals surface area contributed by atoms with Crippen LogP contribution >= 0.6 is 0 Å². The smallest absolute Gasteiger partial charge is 0.303 e. The second kappa shape index (κ2) is 11.4. The standard InChI is InChI=1S/C31H36O8/c1-18(2)11-12-20-26-23(16-21(32)29(20)36-5)38-24-17-22-19(13-14-31(3,4)39-22)30(27(24)28(26)35)37-15-9-7-6-8-10-25(33)34/h11,13-14,16-17,32H,6-10,12,15H2,1-5H3,(H,33,34). The summed E-state index contributed by atoms with van der Waals surface area (Å²) >= 11 is 0. The van der Waals surface area contributed by atoms with E-state index in [2.05, 4.69) is 0 Å². The fraction of sp³-hybridized carbons (Fsp3) is 0.419. The van der Waals surface area contributed by atoms with E-state index in [4.69, 9.17) is 23.7 Å². The van der Waals surface area contributed by atoms with Gasteiger partial charge in [-0.2, -0.15) is 0 Å². The summed E-state index contributed by atoms with van der Waals surface area (Å²) in [6.07, 6.45) is 9.23. The quantitative estimate of drug-likeness (QED) is 0.157. The first-order valence-electron chi connectivity index (χ1n) is 13.2. The van der Waals surface area contributed by atoms with E-state index < -0.39 is 11.6 Å². The van der Waals surface area contributed by atoms with Crippen molar-refractivity contribution in [3.8, 4) is 23.0 Å². The van der Waals surface area contributed by atoms with Gasteiger partial charge in [0.1, 0.15) is 33.7 Å². The summed E-state index contributed by atoms with van der Waals surface area (Å²) in [6.45, 7) is 8.14. The SMILES string of the molecule is COc1c(O)cc2oc3cc4c(c(OCCCCCCC(=O)O)c3c(=O)c2c1CC=C(C)C)C=CC(C)(C)O4. The van der Waals surface area contributed by atoms with Gasteiger partial charge in [-0.1, -0.05) is 24.5 Å². The molecule has 2 heterocycles.